The molecule has 0 amide bonds. The Balaban J connectivity index is 2.23. The molecule has 16 heavy (non-hydrogen) atoms. The first-order chi connectivity index (χ1) is 7.75. The number of ether oxygens (including phenoxy) is 2. The van der Waals surface area contributed by atoms with Crippen LogP contribution in [0.5, 0.6) is 11.5 Å². The van der Waals surface area contributed by atoms with E-state index in [9.17, 15) is 4.79 Å². The van der Waals surface area contributed by atoms with Crippen LogP contribution in [0.4, 0.5) is 0 Å². The molecular weight excluding hydrogens is 210 g/mol. The van der Waals surface area contributed by atoms with Crippen LogP contribution in [0.25, 0.3) is 10.9 Å². The molecule has 0 radical (unpaired) electrons. The minimum Gasteiger partial charge on any atom is -0.454 e. The molecule has 82 valence electrons. The lowest BCUT2D eigenvalue weighted by Gasteiger charge is -2.05. The summed E-state index contributed by atoms with van der Waals surface area (Å²) in [7, 11) is 0. The van der Waals surface area contributed by atoms with Crippen LogP contribution in [-0.4, -0.2) is 17.5 Å². The standard InChI is InChI=1S/C11H9NO4/c1-7(13)16-12-5-4-8-2-3-9-11(10(8)12)15-6-14-9/h2-5H,6H2,1H3. The third-order valence-corrected chi connectivity index (χ3v) is 2.38. The molecule has 5 heteroatoms. The maximum absolute atomic E-state index is 10.9. The molecule has 0 unspecified atom stereocenters. The number of aromatic nitrogens is 1. The number of fused-ring (bicyclic) bond motifs is 3. The van der Waals surface area contributed by atoms with Gasteiger partial charge in [-0.1, -0.05) is 0 Å². The fraction of sp³-hybridized carbons (Fsp3) is 0.182. The van der Waals surface area contributed by atoms with Crippen molar-refractivity contribution in [1.29, 1.82) is 0 Å². The summed E-state index contributed by atoms with van der Waals surface area (Å²) < 4.78 is 12.0. The van der Waals surface area contributed by atoms with E-state index in [1.807, 2.05) is 18.2 Å². The van der Waals surface area contributed by atoms with Crippen molar-refractivity contribution in [3.63, 3.8) is 0 Å². The van der Waals surface area contributed by atoms with E-state index >= 15 is 0 Å². The number of hydrogen-bond donors (Lipinski definition) is 0. The van der Waals surface area contributed by atoms with E-state index in [2.05, 4.69) is 0 Å². The molecule has 0 N–H and O–H groups in total. The van der Waals surface area contributed by atoms with Gasteiger partial charge in [0.15, 0.2) is 11.5 Å². The second kappa shape index (κ2) is 3.16. The van der Waals surface area contributed by atoms with Gasteiger partial charge in [0.25, 0.3) is 0 Å². The fourth-order valence-corrected chi connectivity index (χ4v) is 1.77. The molecule has 1 aromatic carbocycles. The van der Waals surface area contributed by atoms with Crippen molar-refractivity contribution in [3.05, 3.63) is 24.4 Å². The lowest BCUT2D eigenvalue weighted by atomic mass is 10.2. The number of hydrogen-bond acceptors (Lipinski definition) is 4. The monoisotopic (exact) mass is 219 g/mol. The van der Waals surface area contributed by atoms with Crippen LogP contribution in [0.15, 0.2) is 24.4 Å². The van der Waals surface area contributed by atoms with Crippen molar-refractivity contribution in [2.75, 3.05) is 6.79 Å². The van der Waals surface area contributed by atoms with Gasteiger partial charge in [0, 0.05) is 18.5 Å². The van der Waals surface area contributed by atoms with Gasteiger partial charge in [-0.25, -0.2) is 4.79 Å². The Hall–Kier alpha value is -2.17. The lowest BCUT2D eigenvalue weighted by Crippen LogP contribution is -2.15. The Morgan fingerprint density at radius 3 is 3.06 bits per heavy atom. The van der Waals surface area contributed by atoms with E-state index in [0.29, 0.717) is 17.0 Å². The SMILES string of the molecule is CC(=O)On1ccc2ccc3c(c21)OCO3. The number of rotatable bonds is 1. The Labute approximate surface area is 91.1 Å². The zero-order valence-corrected chi connectivity index (χ0v) is 8.60. The van der Waals surface area contributed by atoms with E-state index < -0.39 is 0 Å². The molecule has 0 spiro atoms. The van der Waals surface area contributed by atoms with Crippen LogP contribution in [0.1, 0.15) is 6.92 Å². The van der Waals surface area contributed by atoms with Gasteiger partial charge in [-0.05, 0) is 18.2 Å². The molecular formula is C11H9NO4. The summed E-state index contributed by atoms with van der Waals surface area (Å²) in [4.78, 5) is 16.0. The summed E-state index contributed by atoms with van der Waals surface area (Å²) in [6.07, 6.45) is 1.67. The van der Waals surface area contributed by atoms with Crippen molar-refractivity contribution in [1.82, 2.24) is 4.73 Å². The summed E-state index contributed by atoms with van der Waals surface area (Å²) >= 11 is 0. The highest BCUT2D eigenvalue weighted by molar-refractivity contribution is 5.89. The number of nitrogens with zero attached hydrogens (tertiary/aromatic N) is 1. The summed E-state index contributed by atoms with van der Waals surface area (Å²) in [6.45, 7) is 1.55. The average molecular weight is 219 g/mol. The van der Waals surface area contributed by atoms with Crippen LogP contribution in [0.3, 0.4) is 0 Å². The Bertz CT molecular complexity index is 573. The van der Waals surface area contributed by atoms with Crippen LogP contribution >= 0.6 is 0 Å². The van der Waals surface area contributed by atoms with Gasteiger partial charge in [-0.2, -0.15) is 4.73 Å². The van der Waals surface area contributed by atoms with E-state index in [4.69, 9.17) is 14.3 Å². The molecule has 0 aliphatic carbocycles. The van der Waals surface area contributed by atoms with Crippen LogP contribution in [0.2, 0.25) is 0 Å². The van der Waals surface area contributed by atoms with Gasteiger partial charge in [-0.3, -0.25) is 0 Å². The average Bonchev–Trinajstić information content (AvgIpc) is 2.82. The van der Waals surface area contributed by atoms with E-state index in [1.54, 1.807) is 6.20 Å². The van der Waals surface area contributed by atoms with Gasteiger partial charge in [0.05, 0.1) is 0 Å². The maximum Gasteiger partial charge on any atom is 0.329 e. The molecule has 0 saturated heterocycles. The predicted octanol–water partition coefficient (Wildman–Crippen LogP) is 1.35. The van der Waals surface area contributed by atoms with Gasteiger partial charge in [0.2, 0.25) is 6.79 Å². The predicted molar refractivity (Wildman–Crippen MR) is 55.3 cm³/mol. The molecule has 3 rings (SSSR count). The normalized spacial score (nSPS) is 13.1. The van der Waals surface area contributed by atoms with Crippen molar-refractivity contribution in [2.24, 2.45) is 0 Å². The van der Waals surface area contributed by atoms with Gasteiger partial charge in [-0.15, -0.1) is 0 Å². The first kappa shape index (κ1) is 9.08. The molecule has 1 aromatic heterocycles. The lowest BCUT2D eigenvalue weighted by molar-refractivity contribution is -0.140. The molecule has 2 heterocycles. The van der Waals surface area contributed by atoms with Crippen LogP contribution in [-0.2, 0) is 4.79 Å². The highest BCUT2D eigenvalue weighted by Gasteiger charge is 2.20. The highest BCUT2D eigenvalue weighted by Crippen LogP contribution is 2.39. The van der Waals surface area contributed by atoms with Crippen LogP contribution in [0, 0.1) is 0 Å². The van der Waals surface area contributed by atoms with Gasteiger partial charge < -0.3 is 14.3 Å². The highest BCUT2D eigenvalue weighted by atomic mass is 16.7. The number of benzene rings is 1. The first-order valence-corrected chi connectivity index (χ1v) is 4.84. The minimum atomic E-state index is -0.381. The van der Waals surface area contributed by atoms with Gasteiger partial charge >= 0.3 is 5.97 Å². The zero-order chi connectivity index (χ0) is 11.1. The molecule has 5 nitrogen and oxygen atoms in total. The maximum atomic E-state index is 10.9. The Morgan fingerprint density at radius 1 is 1.38 bits per heavy atom. The summed E-state index contributed by atoms with van der Waals surface area (Å²) in [5, 5.41) is 0.936. The Kier molecular flexibility index (Phi) is 1.80. The minimum absolute atomic E-state index is 0.194. The molecule has 0 atom stereocenters. The third-order valence-electron chi connectivity index (χ3n) is 2.38. The number of carbonyl (C=O) groups excluding carboxylic acids is 1. The van der Waals surface area contributed by atoms with Crippen molar-refractivity contribution in [3.8, 4) is 11.5 Å². The smallest absolute Gasteiger partial charge is 0.329 e. The summed E-state index contributed by atoms with van der Waals surface area (Å²) in [6, 6.07) is 5.58. The van der Waals surface area contributed by atoms with Gasteiger partial charge in [0.1, 0.15) is 5.52 Å². The molecule has 1 aliphatic rings. The summed E-state index contributed by atoms with van der Waals surface area (Å²) in [5.74, 6) is 0.900. The summed E-state index contributed by atoms with van der Waals surface area (Å²) in [5.41, 5.74) is 0.713. The topological polar surface area (TPSA) is 49.7 Å². The second-order valence-electron chi connectivity index (χ2n) is 3.46. The fourth-order valence-electron chi connectivity index (χ4n) is 1.77. The van der Waals surface area contributed by atoms with E-state index in [1.165, 1.54) is 11.7 Å². The largest absolute Gasteiger partial charge is 0.454 e. The third kappa shape index (κ3) is 1.21. The zero-order valence-electron chi connectivity index (χ0n) is 8.60. The van der Waals surface area contributed by atoms with E-state index in [-0.39, 0.29) is 12.8 Å². The second-order valence-corrected chi connectivity index (χ2v) is 3.46. The first-order valence-electron chi connectivity index (χ1n) is 4.84. The van der Waals surface area contributed by atoms with Crippen LogP contribution < -0.4 is 14.3 Å². The quantitative estimate of drug-likeness (QED) is 0.726. The van der Waals surface area contributed by atoms with Crippen molar-refractivity contribution in [2.45, 2.75) is 6.92 Å². The Morgan fingerprint density at radius 2 is 2.25 bits per heavy atom. The molecule has 0 saturated carbocycles. The number of carbonyl (C=O) groups is 1. The molecule has 0 fully saturated rings. The van der Waals surface area contributed by atoms with Crippen molar-refractivity contribution >= 4 is 16.9 Å². The van der Waals surface area contributed by atoms with Crippen molar-refractivity contribution < 1.29 is 19.1 Å². The molecule has 0 bridgehead atoms. The van der Waals surface area contributed by atoms with E-state index in [0.717, 1.165) is 5.39 Å². The molecule has 1 aliphatic heterocycles. The molecule has 2 aromatic rings.